The molecule has 27 heavy (non-hydrogen) atoms. The second-order valence-corrected chi connectivity index (χ2v) is 7.39. The highest BCUT2D eigenvalue weighted by molar-refractivity contribution is 6.04. The van der Waals surface area contributed by atoms with Gasteiger partial charge >= 0.3 is 0 Å². The summed E-state index contributed by atoms with van der Waals surface area (Å²) in [6.45, 7) is 4.84. The van der Waals surface area contributed by atoms with Crippen molar-refractivity contribution in [2.45, 2.75) is 20.3 Å². The molecule has 0 radical (unpaired) electrons. The third-order valence-electron chi connectivity index (χ3n) is 4.73. The lowest BCUT2D eigenvalue weighted by Crippen LogP contribution is -2.12. The number of carbonyl (C=O) groups excluding carboxylic acids is 1. The molecule has 1 amide bonds. The average molecular weight is 357 g/mol. The summed E-state index contributed by atoms with van der Waals surface area (Å²) < 4.78 is 5.72. The number of anilines is 1. The van der Waals surface area contributed by atoms with Crippen molar-refractivity contribution in [2.75, 3.05) is 11.9 Å². The first-order valence-electron chi connectivity index (χ1n) is 9.35. The minimum Gasteiger partial charge on any atom is -0.493 e. The number of benzene rings is 3. The fourth-order valence-electron chi connectivity index (χ4n) is 3.42. The Hall–Kier alpha value is -3.07. The van der Waals surface area contributed by atoms with Crippen molar-refractivity contribution in [2.24, 2.45) is 5.92 Å². The van der Waals surface area contributed by atoms with Crippen LogP contribution >= 0.6 is 0 Å². The van der Waals surface area contributed by atoms with Gasteiger partial charge in [-0.1, -0.05) is 50.2 Å². The summed E-state index contributed by atoms with van der Waals surface area (Å²) in [6.07, 6.45) is 0.910. The largest absolute Gasteiger partial charge is 0.493 e. The summed E-state index contributed by atoms with van der Waals surface area (Å²) in [5, 5.41) is 3.01. The number of amides is 1. The van der Waals surface area contributed by atoms with Gasteiger partial charge in [0.2, 0.25) is 0 Å². The molecule has 0 unspecified atom stereocenters. The summed E-state index contributed by atoms with van der Waals surface area (Å²) in [5.74, 6) is 1.04. The number of fused-ring (bicyclic) bond motifs is 3. The summed E-state index contributed by atoms with van der Waals surface area (Å²) in [7, 11) is 0. The van der Waals surface area contributed by atoms with Gasteiger partial charge in [-0.2, -0.15) is 0 Å². The molecule has 0 spiro atoms. The van der Waals surface area contributed by atoms with Gasteiger partial charge in [0.15, 0.2) is 0 Å². The van der Waals surface area contributed by atoms with Gasteiger partial charge in [0.25, 0.3) is 5.91 Å². The van der Waals surface area contributed by atoms with Gasteiger partial charge in [0.1, 0.15) is 5.75 Å². The number of nitrogens with one attached hydrogen (secondary N) is 1. The predicted molar refractivity (Wildman–Crippen MR) is 109 cm³/mol. The summed E-state index contributed by atoms with van der Waals surface area (Å²) in [6, 6.07) is 21.9. The molecule has 1 aliphatic carbocycles. The van der Waals surface area contributed by atoms with E-state index >= 15 is 0 Å². The molecular formula is C24H23NO2. The smallest absolute Gasteiger partial charge is 0.255 e. The van der Waals surface area contributed by atoms with E-state index in [2.05, 4.69) is 55.6 Å². The first-order valence-corrected chi connectivity index (χ1v) is 9.35. The van der Waals surface area contributed by atoms with E-state index < -0.39 is 0 Å². The first kappa shape index (κ1) is 17.3. The molecule has 3 aromatic rings. The lowest BCUT2D eigenvalue weighted by atomic mass is 10.1. The molecule has 0 saturated heterocycles. The van der Waals surface area contributed by atoms with Crippen molar-refractivity contribution < 1.29 is 9.53 Å². The molecular weight excluding hydrogens is 334 g/mol. The standard InChI is InChI=1S/C24H23NO2/c1-16(2)15-27-21-8-5-7-18(14-21)24(26)25-20-10-11-23-19(13-20)12-17-6-3-4-9-22(17)23/h3-11,13-14,16H,12,15H2,1-2H3,(H,25,26). The second-order valence-electron chi connectivity index (χ2n) is 7.39. The molecule has 136 valence electrons. The Morgan fingerprint density at radius 1 is 0.963 bits per heavy atom. The van der Waals surface area contributed by atoms with E-state index in [9.17, 15) is 4.79 Å². The van der Waals surface area contributed by atoms with Gasteiger partial charge in [-0.3, -0.25) is 4.79 Å². The quantitative estimate of drug-likeness (QED) is 0.509. The highest BCUT2D eigenvalue weighted by atomic mass is 16.5. The van der Waals surface area contributed by atoms with Gasteiger partial charge in [-0.15, -0.1) is 0 Å². The van der Waals surface area contributed by atoms with E-state index in [-0.39, 0.29) is 5.91 Å². The van der Waals surface area contributed by atoms with E-state index in [1.165, 1.54) is 22.3 Å². The van der Waals surface area contributed by atoms with Crippen LogP contribution in [0.5, 0.6) is 5.75 Å². The van der Waals surface area contributed by atoms with Crippen molar-refractivity contribution in [3.05, 3.63) is 83.4 Å². The number of hydrogen-bond donors (Lipinski definition) is 1. The maximum absolute atomic E-state index is 12.7. The molecule has 3 heteroatoms. The van der Waals surface area contributed by atoms with E-state index in [0.29, 0.717) is 18.1 Å². The Morgan fingerprint density at radius 2 is 1.78 bits per heavy atom. The zero-order valence-electron chi connectivity index (χ0n) is 15.7. The molecule has 3 nitrogen and oxygen atoms in total. The number of ether oxygens (including phenoxy) is 1. The highest BCUT2D eigenvalue weighted by Gasteiger charge is 2.18. The lowest BCUT2D eigenvalue weighted by molar-refractivity contribution is 0.102. The Morgan fingerprint density at radius 3 is 2.63 bits per heavy atom. The maximum atomic E-state index is 12.7. The summed E-state index contributed by atoms with van der Waals surface area (Å²) in [5.41, 5.74) is 6.56. The van der Waals surface area contributed by atoms with Crippen molar-refractivity contribution in [3.63, 3.8) is 0 Å². The van der Waals surface area contributed by atoms with Crippen LogP contribution < -0.4 is 10.1 Å². The van der Waals surface area contributed by atoms with Crippen molar-refractivity contribution in [1.29, 1.82) is 0 Å². The molecule has 0 atom stereocenters. The van der Waals surface area contributed by atoms with Crippen molar-refractivity contribution in [1.82, 2.24) is 0 Å². The van der Waals surface area contributed by atoms with Crippen LogP contribution in [-0.2, 0) is 6.42 Å². The minimum absolute atomic E-state index is 0.125. The van der Waals surface area contributed by atoms with Crippen LogP contribution in [0.1, 0.15) is 35.3 Å². The first-order chi connectivity index (χ1) is 13.1. The normalized spacial score (nSPS) is 11.8. The topological polar surface area (TPSA) is 38.3 Å². The van der Waals surface area contributed by atoms with Crippen LogP contribution in [-0.4, -0.2) is 12.5 Å². The van der Waals surface area contributed by atoms with Crippen LogP contribution in [0, 0.1) is 5.92 Å². The van der Waals surface area contributed by atoms with Crippen LogP contribution in [0.3, 0.4) is 0 Å². The predicted octanol–water partition coefficient (Wildman–Crippen LogP) is 5.54. The summed E-state index contributed by atoms with van der Waals surface area (Å²) >= 11 is 0. The number of carbonyl (C=O) groups is 1. The van der Waals surface area contributed by atoms with Gasteiger partial charge < -0.3 is 10.1 Å². The molecule has 0 aromatic heterocycles. The van der Waals surface area contributed by atoms with Crippen molar-refractivity contribution >= 4 is 11.6 Å². The summed E-state index contributed by atoms with van der Waals surface area (Å²) in [4.78, 5) is 12.7. The molecule has 0 heterocycles. The zero-order valence-corrected chi connectivity index (χ0v) is 15.7. The number of hydrogen-bond acceptors (Lipinski definition) is 2. The SMILES string of the molecule is CC(C)COc1cccc(C(=O)Nc2ccc3c(c2)Cc2ccccc2-3)c1. The fraction of sp³-hybridized carbons (Fsp3) is 0.208. The molecule has 0 saturated carbocycles. The van der Waals surface area contributed by atoms with Crippen LogP contribution in [0.15, 0.2) is 66.7 Å². The molecule has 4 rings (SSSR count). The minimum atomic E-state index is -0.125. The van der Waals surface area contributed by atoms with Crippen molar-refractivity contribution in [3.8, 4) is 16.9 Å². The fourth-order valence-corrected chi connectivity index (χ4v) is 3.42. The number of rotatable bonds is 5. The van der Waals surface area contributed by atoms with Crippen LogP contribution in [0.4, 0.5) is 5.69 Å². The van der Waals surface area contributed by atoms with Gasteiger partial charge in [0, 0.05) is 11.3 Å². The van der Waals surface area contributed by atoms with E-state index in [1.54, 1.807) is 12.1 Å². The lowest BCUT2D eigenvalue weighted by Gasteiger charge is -2.11. The Bertz CT molecular complexity index is 991. The van der Waals surface area contributed by atoms with E-state index in [1.807, 2.05) is 18.2 Å². The third kappa shape index (κ3) is 3.72. The van der Waals surface area contributed by atoms with Crippen LogP contribution in [0.25, 0.3) is 11.1 Å². The van der Waals surface area contributed by atoms with Gasteiger partial charge in [-0.25, -0.2) is 0 Å². The Kier molecular flexibility index (Phi) is 4.68. The van der Waals surface area contributed by atoms with E-state index in [4.69, 9.17) is 4.74 Å². The molecule has 1 N–H and O–H groups in total. The second kappa shape index (κ2) is 7.28. The molecule has 0 aliphatic heterocycles. The zero-order chi connectivity index (χ0) is 18.8. The monoisotopic (exact) mass is 357 g/mol. The van der Waals surface area contributed by atoms with Gasteiger partial charge in [0.05, 0.1) is 6.61 Å². The van der Waals surface area contributed by atoms with Gasteiger partial charge in [-0.05, 0) is 64.9 Å². The van der Waals surface area contributed by atoms with Crippen LogP contribution in [0.2, 0.25) is 0 Å². The molecule has 3 aromatic carbocycles. The Labute approximate surface area is 160 Å². The average Bonchev–Trinajstić information content (AvgIpc) is 3.04. The molecule has 0 fully saturated rings. The third-order valence-corrected chi connectivity index (χ3v) is 4.73. The molecule has 0 bridgehead atoms. The Balaban J connectivity index is 1.49. The molecule has 1 aliphatic rings. The highest BCUT2D eigenvalue weighted by Crippen LogP contribution is 2.37. The van der Waals surface area contributed by atoms with E-state index in [0.717, 1.165) is 17.9 Å². The maximum Gasteiger partial charge on any atom is 0.255 e.